The second-order valence-corrected chi connectivity index (χ2v) is 3.44. The van der Waals surface area contributed by atoms with Crippen LogP contribution >= 0.6 is 0 Å². The van der Waals surface area contributed by atoms with Crippen LogP contribution < -0.4 is 0 Å². The molecule has 0 fully saturated rings. The molecule has 0 spiro atoms. The molecule has 14 heavy (non-hydrogen) atoms. The quantitative estimate of drug-likeness (QED) is 0.778. The van der Waals surface area contributed by atoms with Crippen molar-refractivity contribution >= 4 is 5.97 Å². The van der Waals surface area contributed by atoms with Crippen LogP contribution in [-0.4, -0.2) is 11.1 Å². The average Bonchev–Trinajstić information content (AvgIpc) is 2.19. The van der Waals surface area contributed by atoms with Gasteiger partial charge in [-0.3, -0.25) is 4.79 Å². The van der Waals surface area contributed by atoms with Gasteiger partial charge in [-0.15, -0.1) is 0 Å². The third-order valence-corrected chi connectivity index (χ3v) is 2.35. The van der Waals surface area contributed by atoms with Gasteiger partial charge in [0.1, 0.15) is 0 Å². The molecule has 0 radical (unpaired) electrons. The van der Waals surface area contributed by atoms with Crippen LogP contribution in [0.3, 0.4) is 0 Å². The van der Waals surface area contributed by atoms with E-state index in [1.165, 1.54) is 0 Å². The normalized spacial score (nSPS) is 12.4. The van der Waals surface area contributed by atoms with Crippen molar-refractivity contribution < 1.29 is 9.90 Å². The summed E-state index contributed by atoms with van der Waals surface area (Å²) >= 11 is 0. The van der Waals surface area contributed by atoms with Gasteiger partial charge in [-0.25, -0.2) is 0 Å². The zero-order valence-electron chi connectivity index (χ0n) is 8.44. The minimum atomic E-state index is -0.718. The molecule has 0 unspecified atom stereocenters. The summed E-state index contributed by atoms with van der Waals surface area (Å²) in [4.78, 5) is 11.0. The lowest BCUT2D eigenvalue weighted by Crippen LogP contribution is -2.11. The van der Waals surface area contributed by atoms with Crippen LogP contribution in [0.5, 0.6) is 0 Å². The molecule has 0 aliphatic heterocycles. The summed E-state index contributed by atoms with van der Waals surface area (Å²) in [6, 6.07) is 9.44. The minimum Gasteiger partial charge on any atom is -0.481 e. The molecule has 0 amide bonds. The molecule has 0 aromatic heterocycles. The van der Waals surface area contributed by atoms with Crippen molar-refractivity contribution in [3.8, 4) is 0 Å². The van der Waals surface area contributed by atoms with E-state index >= 15 is 0 Å². The van der Waals surface area contributed by atoms with Gasteiger partial charge in [0, 0.05) is 0 Å². The van der Waals surface area contributed by atoms with Crippen molar-refractivity contribution in [3.05, 3.63) is 35.9 Å². The van der Waals surface area contributed by atoms with Gasteiger partial charge in [-0.2, -0.15) is 0 Å². The lowest BCUT2D eigenvalue weighted by Gasteiger charge is -2.11. The summed E-state index contributed by atoms with van der Waals surface area (Å²) in [7, 11) is 0. The average molecular weight is 192 g/mol. The third kappa shape index (κ3) is 2.87. The summed E-state index contributed by atoms with van der Waals surface area (Å²) in [5.74, 6) is -1.05. The maximum absolute atomic E-state index is 11.0. The Hall–Kier alpha value is -1.31. The zero-order chi connectivity index (χ0) is 10.4. The zero-order valence-corrected chi connectivity index (χ0v) is 8.44. The van der Waals surface area contributed by atoms with E-state index in [0.717, 1.165) is 24.8 Å². The number of hydrogen-bond acceptors (Lipinski definition) is 1. The largest absolute Gasteiger partial charge is 0.481 e. The molecule has 1 aromatic rings. The maximum Gasteiger partial charge on any atom is 0.310 e. The number of benzene rings is 1. The molecule has 1 rings (SSSR count). The first kappa shape index (κ1) is 10.8. The fraction of sp³-hybridized carbons (Fsp3) is 0.417. The van der Waals surface area contributed by atoms with Crippen LogP contribution in [0.2, 0.25) is 0 Å². The van der Waals surface area contributed by atoms with Crippen molar-refractivity contribution in [2.24, 2.45) is 0 Å². The minimum absolute atomic E-state index is 0.337. The first-order chi connectivity index (χ1) is 6.75. The monoisotopic (exact) mass is 192 g/mol. The van der Waals surface area contributed by atoms with Gasteiger partial charge >= 0.3 is 5.97 Å². The van der Waals surface area contributed by atoms with Gasteiger partial charge < -0.3 is 5.11 Å². The Balaban J connectivity index is 2.73. The highest BCUT2D eigenvalue weighted by Gasteiger charge is 2.18. The predicted molar refractivity (Wildman–Crippen MR) is 56.3 cm³/mol. The van der Waals surface area contributed by atoms with Crippen molar-refractivity contribution in [1.29, 1.82) is 0 Å². The summed E-state index contributed by atoms with van der Waals surface area (Å²) in [6.07, 6.45) is 2.73. The number of rotatable bonds is 5. The molecule has 1 atom stereocenters. The Morgan fingerprint density at radius 1 is 1.36 bits per heavy atom. The Kier molecular flexibility index (Phi) is 4.17. The number of unbranched alkanes of at least 4 members (excludes halogenated alkanes) is 1. The fourth-order valence-corrected chi connectivity index (χ4v) is 1.53. The fourth-order valence-electron chi connectivity index (χ4n) is 1.53. The maximum atomic E-state index is 11.0. The number of aliphatic carboxylic acids is 1. The van der Waals surface area contributed by atoms with Gasteiger partial charge in [0.25, 0.3) is 0 Å². The smallest absolute Gasteiger partial charge is 0.310 e. The number of carboxylic acids is 1. The molecule has 0 heterocycles. The predicted octanol–water partition coefficient (Wildman–Crippen LogP) is 3.05. The Morgan fingerprint density at radius 2 is 2.00 bits per heavy atom. The molecule has 0 aliphatic carbocycles. The summed E-state index contributed by atoms with van der Waals surface area (Å²) in [5, 5.41) is 9.05. The second-order valence-electron chi connectivity index (χ2n) is 3.44. The van der Waals surface area contributed by atoms with Crippen molar-refractivity contribution in [1.82, 2.24) is 0 Å². The lowest BCUT2D eigenvalue weighted by molar-refractivity contribution is -0.139. The standard InChI is InChI=1S/C12H16O2/c1-2-3-9-11(12(13)14)10-7-5-4-6-8-10/h4-8,11H,2-3,9H2,1H3,(H,13,14)/t11-/m1/s1. The number of hydrogen-bond donors (Lipinski definition) is 1. The van der Waals surface area contributed by atoms with E-state index in [0.29, 0.717) is 0 Å². The molecular weight excluding hydrogens is 176 g/mol. The van der Waals surface area contributed by atoms with E-state index in [-0.39, 0.29) is 5.92 Å². The van der Waals surface area contributed by atoms with Crippen LogP contribution in [0.15, 0.2) is 30.3 Å². The van der Waals surface area contributed by atoms with Crippen LogP contribution in [-0.2, 0) is 4.79 Å². The van der Waals surface area contributed by atoms with Crippen LogP contribution in [0, 0.1) is 0 Å². The van der Waals surface area contributed by atoms with E-state index in [2.05, 4.69) is 6.92 Å². The van der Waals surface area contributed by atoms with Gasteiger partial charge in [-0.05, 0) is 12.0 Å². The first-order valence-corrected chi connectivity index (χ1v) is 5.03. The first-order valence-electron chi connectivity index (χ1n) is 5.03. The summed E-state index contributed by atoms with van der Waals surface area (Å²) < 4.78 is 0. The van der Waals surface area contributed by atoms with Crippen LogP contribution in [0.4, 0.5) is 0 Å². The third-order valence-electron chi connectivity index (χ3n) is 2.35. The number of carboxylic acid groups (broad SMARTS) is 1. The highest BCUT2D eigenvalue weighted by molar-refractivity contribution is 5.75. The molecule has 1 aromatic carbocycles. The van der Waals surface area contributed by atoms with Crippen molar-refractivity contribution in [3.63, 3.8) is 0 Å². The van der Waals surface area contributed by atoms with Gasteiger partial charge in [0.05, 0.1) is 5.92 Å². The SMILES string of the molecule is CCCC[C@@H](C(=O)O)c1ccccc1. The molecule has 1 N–H and O–H groups in total. The van der Waals surface area contributed by atoms with E-state index in [1.54, 1.807) is 0 Å². The van der Waals surface area contributed by atoms with Gasteiger partial charge in [0.2, 0.25) is 0 Å². The molecule has 2 nitrogen and oxygen atoms in total. The highest BCUT2D eigenvalue weighted by Crippen LogP contribution is 2.21. The molecule has 76 valence electrons. The molecule has 0 bridgehead atoms. The topological polar surface area (TPSA) is 37.3 Å². The number of carbonyl (C=O) groups is 1. The van der Waals surface area contributed by atoms with E-state index in [1.807, 2.05) is 30.3 Å². The molecule has 0 aliphatic rings. The van der Waals surface area contributed by atoms with E-state index in [4.69, 9.17) is 5.11 Å². The summed E-state index contributed by atoms with van der Waals surface area (Å²) in [6.45, 7) is 2.07. The Labute approximate surface area is 84.6 Å². The van der Waals surface area contributed by atoms with Crippen LogP contribution in [0.1, 0.15) is 37.7 Å². The van der Waals surface area contributed by atoms with E-state index < -0.39 is 5.97 Å². The highest BCUT2D eigenvalue weighted by atomic mass is 16.4. The lowest BCUT2D eigenvalue weighted by atomic mass is 9.94. The van der Waals surface area contributed by atoms with Gasteiger partial charge in [0.15, 0.2) is 0 Å². The molecule has 2 heteroatoms. The van der Waals surface area contributed by atoms with Crippen molar-refractivity contribution in [2.45, 2.75) is 32.1 Å². The van der Waals surface area contributed by atoms with Gasteiger partial charge in [-0.1, -0.05) is 50.1 Å². The molecule has 0 saturated heterocycles. The Bertz CT molecular complexity index is 280. The Morgan fingerprint density at radius 3 is 2.50 bits per heavy atom. The second kappa shape index (κ2) is 5.43. The summed E-state index contributed by atoms with van der Waals surface area (Å²) in [5.41, 5.74) is 0.911. The molecular formula is C12H16O2. The van der Waals surface area contributed by atoms with E-state index in [9.17, 15) is 4.79 Å². The van der Waals surface area contributed by atoms with Crippen molar-refractivity contribution in [2.75, 3.05) is 0 Å². The molecule has 0 saturated carbocycles. The van der Waals surface area contributed by atoms with Crippen LogP contribution in [0.25, 0.3) is 0 Å².